The van der Waals surface area contributed by atoms with E-state index in [0.29, 0.717) is 13.0 Å². The van der Waals surface area contributed by atoms with Crippen molar-refractivity contribution >= 4 is 34.1 Å². The fourth-order valence-corrected chi connectivity index (χ4v) is 3.06. The molecule has 0 radical (unpaired) electrons. The topological polar surface area (TPSA) is 50.9 Å². The van der Waals surface area contributed by atoms with Crippen LogP contribution in [0.4, 0.5) is 0 Å². The van der Waals surface area contributed by atoms with Gasteiger partial charge in [-0.3, -0.25) is 0 Å². The van der Waals surface area contributed by atoms with Crippen molar-refractivity contribution in [3.05, 3.63) is 34.8 Å². The molecule has 0 aliphatic rings. The predicted molar refractivity (Wildman–Crippen MR) is 77.6 cm³/mol. The lowest BCUT2D eigenvalue weighted by atomic mass is 10.4. The molecule has 98 valence electrons. The van der Waals surface area contributed by atoms with Crippen molar-refractivity contribution in [2.45, 2.75) is 13.0 Å². The van der Waals surface area contributed by atoms with Gasteiger partial charge in [-0.05, 0) is 30.7 Å². The molecule has 0 saturated heterocycles. The molecule has 3 heterocycles. The number of halogens is 1. The van der Waals surface area contributed by atoms with E-state index in [1.165, 1.54) is 11.3 Å². The fourth-order valence-electron chi connectivity index (χ4n) is 2.02. The maximum absolute atomic E-state index is 9.03. The Morgan fingerprint density at radius 1 is 1.32 bits per heavy atom. The van der Waals surface area contributed by atoms with E-state index < -0.39 is 0 Å². The minimum absolute atomic E-state index is 0.150. The van der Waals surface area contributed by atoms with E-state index >= 15 is 0 Å². The first-order valence-electron chi connectivity index (χ1n) is 5.97. The van der Waals surface area contributed by atoms with E-state index in [1.807, 2.05) is 28.8 Å². The number of aryl methyl sites for hydroxylation is 1. The van der Waals surface area contributed by atoms with E-state index in [1.54, 1.807) is 6.20 Å². The molecule has 4 nitrogen and oxygen atoms in total. The summed E-state index contributed by atoms with van der Waals surface area (Å²) < 4.78 is 2.77. The number of imidazole rings is 1. The summed E-state index contributed by atoms with van der Waals surface area (Å²) >= 11 is 7.49. The minimum atomic E-state index is 0.150. The lowest BCUT2D eigenvalue weighted by Gasteiger charge is -2.05. The van der Waals surface area contributed by atoms with Crippen LogP contribution in [-0.2, 0) is 6.54 Å². The van der Waals surface area contributed by atoms with Gasteiger partial charge in [-0.25, -0.2) is 9.97 Å². The normalized spacial score (nSPS) is 11.3. The number of aromatic nitrogens is 3. The maximum Gasteiger partial charge on any atom is 0.160 e. The smallest absolute Gasteiger partial charge is 0.160 e. The average molecular weight is 294 g/mol. The molecular formula is C13H12ClN3OS. The van der Waals surface area contributed by atoms with E-state index in [2.05, 4.69) is 9.97 Å². The average Bonchev–Trinajstić information content (AvgIpc) is 3.00. The predicted octanol–water partition coefficient (Wildman–Crippen LogP) is 3.20. The van der Waals surface area contributed by atoms with Crippen molar-refractivity contribution in [1.82, 2.24) is 14.5 Å². The highest BCUT2D eigenvalue weighted by molar-refractivity contribution is 7.19. The standard InChI is InChI=1S/C13H12ClN3OS/c14-11-5-4-10(19-11)13-16-9-3-1-6-15-12(9)17(13)7-2-8-18/h1,3-6,18H,2,7-8H2. The highest BCUT2D eigenvalue weighted by Crippen LogP contribution is 2.32. The summed E-state index contributed by atoms with van der Waals surface area (Å²) in [6.07, 6.45) is 2.43. The van der Waals surface area contributed by atoms with Gasteiger partial charge in [0.2, 0.25) is 0 Å². The molecular weight excluding hydrogens is 282 g/mol. The van der Waals surface area contributed by atoms with Crippen LogP contribution in [-0.4, -0.2) is 26.2 Å². The SMILES string of the molecule is OCCCn1c(-c2ccc(Cl)s2)nc2cccnc21. The van der Waals surface area contributed by atoms with Crippen molar-refractivity contribution in [3.8, 4) is 10.7 Å². The van der Waals surface area contributed by atoms with E-state index in [9.17, 15) is 0 Å². The lowest BCUT2D eigenvalue weighted by molar-refractivity contribution is 0.280. The summed E-state index contributed by atoms with van der Waals surface area (Å²) in [4.78, 5) is 10.0. The quantitative estimate of drug-likeness (QED) is 0.804. The molecule has 0 bridgehead atoms. The summed E-state index contributed by atoms with van der Waals surface area (Å²) in [7, 11) is 0. The first-order valence-corrected chi connectivity index (χ1v) is 7.17. The second-order valence-corrected chi connectivity index (χ2v) is 5.83. The summed E-state index contributed by atoms with van der Waals surface area (Å²) in [5.74, 6) is 0.860. The van der Waals surface area contributed by atoms with Gasteiger partial charge in [0.15, 0.2) is 11.5 Å². The number of nitrogens with zero attached hydrogens (tertiary/aromatic N) is 3. The van der Waals surface area contributed by atoms with Gasteiger partial charge in [0.05, 0.1) is 9.21 Å². The van der Waals surface area contributed by atoms with Crippen molar-refractivity contribution in [3.63, 3.8) is 0 Å². The number of aliphatic hydroxyl groups is 1. The molecule has 6 heteroatoms. The number of aliphatic hydroxyl groups excluding tert-OH is 1. The molecule has 0 fully saturated rings. The van der Waals surface area contributed by atoms with Gasteiger partial charge < -0.3 is 9.67 Å². The van der Waals surface area contributed by atoms with Gasteiger partial charge in [-0.2, -0.15) is 0 Å². The highest BCUT2D eigenvalue weighted by atomic mass is 35.5. The minimum Gasteiger partial charge on any atom is -0.396 e. The van der Waals surface area contributed by atoms with Crippen LogP contribution < -0.4 is 0 Å². The summed E-state index contributed by atoms with van der Waals surface area (Å²) in [6, 6.07) is 7.64. The van der Waals surface area contributed by atoms with Crippen molar-refractivity contribution in [1.29, 1.82) is 0 Å². The van der Waals surface area contributed by atoms with Gasteiger partial charge >= 0.3 is 0 Å². The number of hydrogen-bond donors (Lipinski definition) is 1. The van der Waals surface area contributed by atoms with E-state index in [-0.39, 0.29) is 6.61 Å². The Morgan fingerprint density at radius 2 is 2.21 bits per heavy atom. The van der Waals surface area contributed by atoms with Gasteiger partial charge in [0.25, 0.3) is 0 Å². The zero-order chi connectivity index (χ0) is 13.2. The number of fused-ring (bicyclic) bond motifs is 1. The third-order valence-electron chi connectivity index (χ3n) is 2.84. The Kier molecular flexibility index (Phi) is 3.50. The number of hydrogen-bond acceptors (Lipinski definition) is 4. The largest absolute Gasteiger partial charge is 0.396 e. The third-order valence-corrected chi connectivity index (χ3v) is 4.06. The molecule has 1 N–H and O–H groups in total. The van der Waals surface area contributed by atoms with Crippen LogP contribution in [0.25, 0.3) is 21.9 Å². The van der Waals surface area contributed by atoms with Crippen molar-refractivity contribution in [2.24, 2.45) is 0 Å². The molecule has 0 saturated carbocycles. The molecule has 3 aromatic rings. The van der Waals surface area contributed by atoms with Crippen LogP contribution >= 0.6 is 22.9 Å². The van der Waals surface area contributed by atoms with Crippen LogP contribution in [0.1, 0.15) is 6.42 Å². The first-order chi connectivity index (χ1) is 9.29. The number of pyridine rings is 1. The van der Waals surface area contributed by atoms with Gasteiger partial charge in [-0.15, -0.1) is 11.3 Å². The van der Waals surface area contributed by atoms with Crippen molar-refractivity contribution in [2.75, 3.05) is 6.61 Å². The van der Waals surface area contributed by atoms with Crippen LogP contribution in [0.5, 0.6) is 0 Å². The van der Waals surface area contributed by atoms with Crippen LogP contribution in [0.3, 0.4) is 0 Å². The Labute approximate surface area is 119 Å². The van der Waals surface area contributed by atoms with Gasteiger partial charge in [-0.1, -0.05) is 11.6 Å². The molecule has 0 aliphatic carbocycles. The molecule has 0 aromatic carbocycles. The van der Waals surface area contributed by atoms with Crippen molar-refractivity contribution < 1.29 is 5.11 Å². The molecule has 3 rings (SSSR count). The summed E-state index contributed by atoms with van der Waals surface area (Å²) in [5, 5.41) is 9.03. The number of rotatable bonds is 4. The Balaban J connectivity index is 2.16. The highest BCUT2D eigenvalue weighted by Gasteiger charge is 2.14. The Hall–Kier alpha value is -1.43. The fraction of sp³-hybridized carbons (Fsp3) is 0.231. The first kappa shape index (κ1) is 12.6. The zero-order valence-electron chi connectivity index (χ0n) is 10.1. The van der Waals surface area contributed by atoms with Gasteiger partial charge in [0.1, 0.15) is 5.52 Å². The number of thiophene rings is 1. The van der Waals surface area contributed by atoms with Crippen LogP contribution in [0, 0.1) is 0 Å². The second-order valence-electron chi connectivity index (χ2n) is 4.11. The Bertz CT molecular complexity index is 707. The maximum atomic E-state index is 9.03. The molecule has 0 unspecified atom stereocenters. The summed E-state index contributed by atoms with van der Waals surface area (Å²) in [5.41, 5.74) is 1.70. The lowest BCUT2D eigenvalue weighted by Crippen LogP contribution is -2.02. The van der Waals surface area contributed by atoms with E-state index in [0.717, 1.165) is 26.2 Å². The monoisotopic (exact) mass is 293 g/mol. The third kappa shape index (κ3) is 2.36. The zero-order valence-corrected chi connectivity index (χ0v) is 11.7. The molecule has 0 atom stereocenters. The van der Waals surface area contributed by atoms with Crippen LogP contribution in [0.2, 0.25) is 4.34 Å². The summed E-state index contributed by atoms with van der Waals surface area (Å²) in [6.45, 7) is 0.839. The molecule has 3 aromatic heterocycles. The Morgan fingerprint density at radius 3 is 2.95 bits per heavy atom. The van der Waals surface area contributed by atoms with E-state index in [4.69, 9.17) is 16.7 Å². The molecule has 19 heavy (non-hydrogen) atoms. The molecule has 0 spiro atoms. The second kappa shape index (κ2) is 5.28. The van der Waals surface area contributed by atoms with Crippen LogP contribution in [0.15, 0.2) is 30.5 Å². The molecule has 0 aliphatic heterocycles. The molecule has 0 amide bonds. The van der Waals surface area contributed by atoms with Gasteiger partial charge in [0, 0.05) is 19.3 Å².